The number of hydrogen-bond acceptors (Lipinski definition) is 4. The molecule has 1 aliphatic carbocycles. The van der Waals surface area contributed by atoms with Crippen molar-refractivity contribution in [1.82, 2.24) is 0 Å². The SMILES string of the molecule is C=C(C)COc1cc(C(=O)OC2CCCC2)ccc1N. The Morgan fingerprint density at radius 1 is 1.40 bits per heavy atom. The monoisotopic (exact) mass is 275 g/mol. The largest absolute Gasteiger partial charge is 0.487 e. The fourth-order valence-electron chi connectivity index (χ4n) is 2.21. The van der Waals surface area contributed by atoms with E-state index in [-0.39, 0.29) is 12.1 Å². The average molecular weight is 275 g/mol. The van der Waals surface area contributed by atoms with Gasteiger partial charge in [-0.15, -0.1) is 0 Å². The van der Waals surface area contributed by atoms with Gasteiger partial charge in [0.25, 0.3) is 0 Å². The molecule has 1 saturated carbocycles. The second-order valence-corrected chi connectivity index (χ2v) is 5.31. The van der Waals surface area contributed by atoms with E-state index in [4.69, 9.17) is 15.2 Å². The van der Waals surface area contributed by atoms with Crippen LogP contribution in [0.25, 0.3) is 0 Å². The molecule has 1 fully saturated rings. The maximum atomic E-state index is 12.1. The molecule has 1 aromatic carbocycles. The summed E-state index contributed by atoms with van der Waals surface area (Å²) in [5.41, 5.74) is 7.70. The van der Waals surface area contributed by atoms with E-state index in [1.165, 1.54) is 0 Å². The van der Waals surface area contributed by atoms with Crippen LogP contribution in [0.2, 0.25) is 0 Å². The van der Waals surface area contributed by atoms with Gasteiger partial charge in [-0.3, -0.25) is 0 Å². The minimum absolute atomic E-state index is 0.0554. The molecule has 0 amide bonds. The Kier molecular flexibility index (Phi) is 4.66. The number of anilines is 1. The number of benzene rings is 1. The summed E-state index contributed by atoms with van der Waals surface area (Å²) in [5.74, 6) is 0.186. The minimum atomic E-state index is -0.308. The molecule has 4 heteroatoms. The topological polar surface area (TPSA) is 61.5 Å². The summed E-state index contributed by atoms with van der Waals surface area (Å²) in [7, 11) is 0. The normalized spacial score (nSPS) is 15.1. The van der Waals surface area contributed by atoms with Crippen molar-refractivity contribution in [2.45, 2.75) is 38.7 Å². The van der Waals surface area contributed by atoms with Gasteiger partial charge in [-0.25, -0.2) is 4.79 Å². The molecular weight excluding hydrogens is 254 g/mol. The average Bonchev–Trinajstić information content (AvgIpc) is 2.90. The van der Waals surface area contributed by atoms with Gasteiger partial charge >= 0.3 is 5.97 Å². The Morgan fingerprint density at radius 2 is 2.10 bits per heavy atom. The number of carbonyl (C=O) groups is 1. The first-order valence-electron chi connectivity index (χ1n) is 6.94. The Morgan fingerprint density at radius 3 is 2.75 bits per heavy atom. The van der Waals surface area contributed by atoms with Gasteiger partial charge in [-0.1, -0.05) is 6.58 Å². The van der Waals surface area contributed by atoms with Crippen LogP contribution in [-0.2, 0) is 4.74 Å². The molecule has 4 nitrogen and oxygen atoms in total. The summed E-state index contributed by atoms with van der Waals surface area (Å²) in [6, 6.07) is 4.97. The number of rotatable bonds is 5. The molecular formula is C16H21NO3. The van der Waals surface area contributed by atoms with E-state index < -0.39 is 0 Å². The van der Waals surface area contributed by atoms with Crippen molar-refractivity contribution >= 4 is 11.7 Å². The van der Waals surface area contributed by atoms with Crippen LogP contribution in [0.1, 0.15) is 43.0 Å². The van der Waals surface area contributed by atoms with E-state index in [2.05, 4.69) is 6.58 Å². The third-order valence-corrected chi connectivity index (χ3v) is 3.30. The lowest BCUT2D eigenvalue weighted by Gasteiger charge is -2.13. The molecule has 0 atom stereocenters. The van der Waals surface area contributed by atoms with Gasteiger partial charge in [-0.05, 0) is 56.4 Å². The highest BCUT2D eigenvalue weighted by Gasteiger charge is 2.20. The van der Waals surface area contributed by atoms with E-state index in [0.717, 1.165) is 31.3 Å². The van der Waals surface area contributed by atoms with Gasteiger partial charge < -0.3 is 15.2 Å². The van der Waals surface area contributed by atoms with Gasteiger partial charge in [0.2, 0.25) is 0 Å². The van der Waals surface area contributed by atoms with Crippen LogP contribution in [0, 0.1) is 0 Å². The van der Waals surface area contributed by atoms with E-state index >= 15 is 0 Å². The second-order valence-electron chi connectivity index (χ2n) is 5.31. The fraction of sp³-hybridized carbons (Fsp3) is 0.438. The van der Waals surface area contributed by atoms with Crippen molar-refractivity contribution in [2.75, 3.05) is 12.3 Å². The summed E-state index contributed by atoms with van der Waals surface area (Å²) in [6.45, 7) is 6.02. The van der Waals surface area contributed by atoms with E-state index in [0.29, 0.717) is 23.6 Å². The summed E-state index contributed by atoms with van der Waals surface area (Å²) in [4.78, 5) is 12.1. The zero-order chi connectivity index (χ0) is 14.5. The first-order valence-corrected chi connectivity index (χ1v) is 6.94. The lowest BCUT2D eigenvalue weighted by molar-refractivity contribution is 0.0317. The predicted molar refractivity (Wildman–Crippen MR) is 78.8 cm³/mol. The smallest absolute Gasteiger partial charge is 0.338 e. The van der Waals surface area contributed by atoms with E-state index in [1.807, 2.05) is 6.92 Å². The molecule has 0 heterocycles. The first kappa shape index (κ1) is 14.4. The molecule has 0 radical (unpaired) electrons. The lowest BCUT2D eigenvalue weighted by Crippen LogP contribution is -2.15. The van der Waals surface area contributed by atoms with Gasteiger partial charge in [0.05, 0.1) is 11.3 Å². The van der Waals surface area contributed by atoms with Crippen molar-refractivity contribution in [3.63, 3.8) is 0 Å². The summed E-state index contributed by atoms with van der Waals surface area (Å²) in [6.07, 6.45) is 4.23. The molecule has 1 aromatic rings. The number of ether oxygens (including phenoxy) is 2. The zero-order valence-electron chi connectivity index (χ0n) is 11.9. The number of hydrogen-bond donors (Lipinski definition) is 1. The number of esters is 1. The van der Waals surface area contributed by atoms with Gasteiger partial charge in [0.1, 0.15) is 18.5 Å². The molecule has 20 heavy (non-hydrogen) atoms. The Hall–Kier alpha value is -1.97. The molecule has 0 aliphatic heterocycles. The maximum Gasteiger partial charge on any atom is 0.338 e. The van der Waals surface area contributed by atoms with Crippen LogP contribution in [0.5, 0.6) is 5.75 Å². The molecule has 0 unspecified atom stereocenters. The third kappa shape index (κ3) is 3.76. The molecule has 0 spiro atoms. The van der Waals surface area contributed by atoms with Crippen LogP contribution >= 0.6 is 0 Å². The van der Waals surface area contributed by atoms with Gasteiger partial charge in [-0.2, -0.15) is 0 Å². The molecule has 0 saturated heterocycles. The molecule has 0 bridgehead atoms. The van der Waals surface area contributed by atoms with Crippen LogP contribution in [0.3, 0.4) is 0 Å². The van der Waals surface area contributed by atoms with Crippen LogP contribution in [-0.4, -0.2) is 18.7 Å². The minimum Gasteiger partial charge on any atom is -0.487 e. The maximum absolute atomic E-state index is 12.1. The second kappa shape index (κ2) is 6.46. The van der Waals surface area contributed by atoms with Crippen molar-refractivity contribution in [2.24, 2.45) is 0 Å². The highest BCUT2D eigenvalue weighted by molar-refractivity contribution is 5.90. The summed E-state index contributed by atoms with van der Waals surface area (Å²) in [5, 5.41) is 0. The van der Waals surface area contributed by atoms with E-state index in [9.17, 15) is 4.79 Å². The zero-order valence-corrected chi connectivity index (χ0v) is 11.9. The Bertz CT molecular complexity index is 504. The first-order chi connectivity index (χ1) is 9.56. The van der Waals surface area contributed by atoms with E-state index in [1.54, 1.807) is 18.2 Å². The predicted octanol–water partition coefficient (Wildman–Crippen LogP) is 3.32. The van der Waals surface area contributed by atoms with Crippen molar-refractivity contribution < 1.29 is 14.3 Å². The molecule has 2 N–H and O–H groups in total. The molecule has 1 aliphatic rings. The fourth-order valence-corrected chi connectivity index (χ4v) is 2.21. The number of nitrogen functional groups attached to an aromatic ring is 1. The van der Waals surface area contributed by atoms with Crippen molar-refractivity contribution in [3.05, 3.63) is 35.9 Å². The quantitative estimate of drug-likeness (QED) is 0.508. The Labute approximate surface area is 119 Å². The number of nitrogens with two attached hydrogens (primary N) is 1. The highest BCUT2D eigenvalue weighted by atomic mass is 16.5. The summed E-state index contributed by atoms with van der Waals surface area (Å²) < 4.78 is 11.0. The van der Waals surface area contributed by atoms with Crippen LogP contribution in [0.4, 0.5) is 5.69 Å². The Balaban J connectivity index is 2.05. The number of carbonyl (C=O) groups excluding carboxylic acids is 1. The van der Waals surface area contributed by atoms with Crippen LogP contribution < -0.4 is 10.5 Å². The molecule has 108 valence electrons. The molecule has 0 aromatic heterocycles. The van der Waals surface area contributed by atoms with Crippen molar-refractivity contribution in [3.8, 4) is 5.75 Å². The van der Waals surface area contributed by atoms with Crippen molar-refractivity contribution in [1.29, 1.82) is 0 Å². The van der Waals surface area contributed by atoms with Gasteiger partial charge in [0, 0.05) is 0 Å². The lowest BCUT2D eigenvalue weighted by atomic mass is 10.2. The highest BCUT2D eigenvalue weighted by Crippen LogP contribution is 2.26. The van der Waals surface area contributed by atoms with Gasteiger partial charge in [0.15, 0.2) is 0 Å². The van der Waals surface area contributed by atoms with Crippen LogP contribution in [0.15, 0.2) is 30.4 Å². The summed E-state index contributed by atoms with van der Waals surface area (Å²) >= 11 is 0. The standard InChI is InChI=1S/C16H21NO3/c1-11(2)10-19-15-9-12(7-8-14(15)17)16(18)20-13-5-3-4-6-13/h7-9,13H,1,3-6,10,17H2,2H3. The molecule has 2 rings (SSSR count). The third-order valence-electron chi connectivity index (χ3n) is 3.30.